The van der Waals surface area contributed by atoms with Crippen LogP contribution in [0.4, 0.5) is 30.8 Å². The maximum Gasteiger partial charge on any atom is 0.266 e. The lowest BCUT2D eigenvalue weighted by atomic mass is 10.2. The van der Waals surface area contributed by atoms with Crippen LogP contribution >= 0.6 is 11.6 Å². The fourth-order valence-corrected chi connectivity index (χ4v) is 3.64. The number of nitrogens with one attached hydrogen (secondary N) is 1. The first-order valence-electron chi connectivity index (χ1n) is 9.62. The second-order valence-electron chi connectivity index (χ2n) is 7.06. The molecule has 2 aromatic carbocycles. The molecule has 9 nitrogen and oxygen atoms in total. The van der Waals surface area contributed by atoms with Crippen molar-refractivity contribution in [3.8, 4) is 11.8 Å². The van der Waals surface area contributed by atoms with Crippen molar-refractivity contribution in [2.24, 2.45) is 0 Å². The van der Waals surface area contributed by atoms with E-state index < -0.39 is 23.0 Å². The SMILES string of the molecule is N#Cc1c(N)nc(N)nc1NCCc1nc2c(Cl)cc(F)cc2c(=O)n1-c1cc(F)cc(F)c1. The Kier molecular flexibility index (Phi) is 5.95. The van der Waals surface area contributed by atoms with Gasteiger partial charge in [0.25, 0.3) is 5.56 Å². The molecule has 0 atom stereocenters. The van der Waals surface area contributed by atoms with Crippen LogP contribution in [0.2, 0.25) is 5.02 Å². The number of anilines is 3. The number of hydrogen-bond donors (Lipinski definition) is 3. The van der Waals surface area contributed by atoms with Crippen molar-refractivity contribution < 1.29 is 13.2 Å². The number of nitrogens with two attached hydrogens (primary N) is 2. The van der Waals surface area contributed by atoms with Crippen molar-refractivity contribution in [2.45, 2.75) is 6.42 Å². The Morgan fingerprint density at radius 3 is 2.38 bits per heavy atom. The molecule has 2 heterocycles. The van der Waals surface area contributed by atoms with E-state index in [0.717, 1.165) is 28.8 Å². The monoisotopic (exact) mass is 486 g/mol. The third kappa shape index (κ3) is 4.28. The maximum absolute atomic E-state index is 13.9. The van der Waals surface area contributed by atoms with Gasteiger partial charge in [-0.3, -0.25) is 9.36 Å². The van der Waals surface area contributed by atoms with Crippen molar-refractivity contribution >= 4 is 40.1 Å². The van der Waals surface area contributed by atoms with Gasteiger partial charge in [0.15, 0.2) is 5.82 Å². The highest BCUT2D eigenvalue weighted by Gasteiger charge is 2.18. The van der Waals surface area contributed by atoms with Gasteiger partial charge >= 0.3 is 0 Å². The number of nitrogens with zero attached hydrogens (tertiary/aromatic N) is 5. The van der Waals surface area contributed by atoms with Gasteiger partial charge in [-0.25, -0.2) is 18.2 Å². The Balaban J connectivity index is 1.82. The summed E-state index contributed by atoms with van der Waals surface area (Å²) in [6, 6.07) is 6.32. The molecule has 5 N–H and O–H groups in total. The van der Waals surface area contributed by atoms with E-state index in [1.54, 1.807) is 0 Å². The smallest absolute Gasteiger partial charge is 0.266 e. The third-order valence-electron chi connectivity index (χ3n) is 4.77. The molecule has 0 unspecified atom stereocenters. The van der Waals surface area contributed by atoms with Crippen LogP contribution in [0, 0.1) is 28.8 Å². The van der Waals surface area contributed by atoms with Gasteiger partial charge in [-0.05, 0) is 24.3 Å². The Hall–Kier alpha value is -4.37. The molecule has 4 aromatic rings. The van der Waals surface area contributed by atoms with E-state index >= 15 is 0 Å². The van der Waals surface area contributed by atoms with Crippen LogP contribution in [0.1, 0.15) is 11.4 Å². The molecule has 0 aliphatic carbocycles. The second-order valence-corrected chi connectivity index (χ2v) is 7.47. The summed E-state index contributed by atoms with van der Waals surface area (Å²) < 4.78 is 42.7. The van der Waals surface area contributed by atoms with E-state index in [4.69, 9.17) is 23.1 Å². The first-order valence-corrected chi connectivity index (χ1v) is 10.00. The van der Waals surface area contributed by atoms with Gasteiger partial charge in [-0.1, -0.05) is 11.6 Å². The van der Waals surface area contributed by atoms with Gasteiger partial charge in [0.05, 0.1) is 21.6 Å². The van der Waals surface area contributed by atoms with Crippen LogP contribution < -0.4 is 22.3 Å². The average molecular weight is 487 g/mol. The molecular weight excluding hydrogens is 473 g/mol. The topological polar surface area (TPSA) is 149 Å². The molecule has 0 bridgehead atoms. The predicted octanol–water partition coefficient (Wildman–Crippen LogP) is 2.94. The minimum atomic E-state index is -0.922. The Labute approximate surface area is 194 Å². The molecule has 4 rings (SSSR count). The van der Waals surface area contributed by atoms with E-state index in [9.17, 15) is 23.2 Å². The number of halogens is 4. The zero-order valence-electron chi connectivity index (χ0n) is 17.1. The van der Waals surface area contributed by atoms with Crippen LogP contribution in [0.5, 0.6) is 0 Å². The summed E-state index contributed by atoms with van der Waals surface area (Å²) in [5.41, 5.74) is 10.3. The van der Waals surface area contributed by atoms with E-state index in [1.807, 2.05) is 6.07 Å². The Bertz CT molecular complexity index is 1530. The highest BCUT2D eigenvalue weighted by molar-refractivity contribution is 6.35. The van der Waals surface area contributed by atoms with Crippen molar-refractivity contribution in [3.63, 3.8) is 0 Å². The van der Waals surface area contributed by atoms with Crippen molar-refractivity contribution in [1.82, 2.24) is 19.5 Å². The zero-order valence-corrected chi connectivity index (χ0v) is 17.9. The molecule has 0 aliphatic heterocycles. The first kappa shape index (κ1) is 22.8. The summed E-state index contributed by atoms with van der Waals surface area (Å²) in [5.74, 6) is -2.80. The number of rotatable bonds is 5. The maximum atomic E-state index is 13.9. The van der Waals surface area contributed by atoms with Gasteiger partial charge in [-0.15, -0.1) is 0 Å². The van der Waals surface area contributed by atoms with Crippen molar-refractivity contribution in [3.05, 3.63) is 74.5 Å². The fraction of sp³-hybridized carbons (Fsp3) is 0.0952. The highest BCUT2D eigenvalue weighted by Crippen LogP contribution is 2.24. The van der Waals surface area contributed by atoms with Crippen molar-refractivity contribution in [2.75, 3.05) is 23.3 Å². The molecule has 0 spiro atoms. The summed E-state index contributed by atoms with van der Waals surface area (Å²) in [5, 5.41) is 11.9. The van der Waals surface area contributed by atoms with Crippen LogP contribution in [-0.4, -0.2) is 26.1 Å². The lowest BCUT2D eigenvalue weighted by Crippen LogP contribution is -2.26. The predicted molar refractivity (Wildman–Crippen MR) is 120 cm³/mol. The van der Waals surface area contributed by atoms with Gasteiger partial charge < -0.3 is 16.8 Å². The quantitative estimate of drug-likeness (QED) is 0.390. The minimum absolute atomic E-state index is 0.00824. The van der Waals surface area contributed by atoms with E-state index in [1.165, 1.54) is 0 Å². The molecule has 0 amide bonds. The van der Waals surface area contributed by atoms with Crippen molar-refractivity contribution in [1.29, 1.82) is 5.26 Å². The fourth-order valence-electron chi connectivity index (χ4n) is 3.39. The van der Waals surface area contributed by atoms with Crippen LogP contribution in [0.15, 0.2) is 35.1 Å². The number of nitrogen functional groups attached to an aromatic ring is 2. The second kappa shape index (κ2) is 8.87. The Morgan fingerprint density at radius 2 is 1.71 bits per heavy atom. The number of fused-ring (bicyclic) bond motifs is 1. The third-order valence-corrected chi connectivity index (χ3v) is 5.06. The van der Waals surface area contributed by atoms with Gasteiger partial charge in [0.1, 0.15) is 40.7 Å². The van der Waals surface area contributed by atoms with Crippen LogP contribution in [0.3, 0.4) is 0 Å². The lowest BCUT2D eigenvalue weighted by molar-refractivity contribution is 0.580. The summed E-state index contributed by atoms with van der Waals surface area (Å²) in [4.78, 5) is 25.2. The zero-order chi connectivity index (χ0) is 24.6. The average Bonchev–Trinajstić information content (AvgIpc) is 2.73. The molecule has 0 saturated heterocycles. The summed E-state index contributed by atoms with van der Waals surface area (Å²) in [6.45, 7) is 0.0408. The number of benzene rings is 2. The molecule has 0 radical (unpaired) electrons. The molecule has 172 valence electrons. The Morgan fingerprint density at radius 1 is 1.03 bits per heavy atom. The van der Waals surface area contributed by atoms with E-state index in [2.05, 4.69) is 20.3 Å². The lowest BCUT2D eigenvalue weighted by Gasteiger charge is -2.15. The van der Waals surface area contributed by atoms with E-state index in [0.29, 0.717) is 6.07 Å². The van der Waals surface area contributed by atoms with Crippen LogP contribution in [0.25, 0.3) is 16.6 Å². The van der Waals surface area contributed by atoms with Gasteiger partial charge in [-0.2, -0.15) is 15.2 Å². The molecule has 0 fully saturated rings. The van der Waals surface area contributed by atoms with Gasteiger partial charge in [0.2, 0.25) is 5.95 Å². The largest absolute Gasteiger partial charge is 0.382 e. The van der Waals surface area contributed by atoms with Crippen LogP contribution in [-0.2, 0) is 6.42 Å². The normalized spacial score (nSPS) is 10.9. The highest BCUT2D eigenvalue weighted by atomic mass is 35.5. The molecular formula is C21H14ClF3N8O. The van der Waals surface area contributed by atoms with E-state index in [-0.39, 0.29) is 63.6 Å². The standard InChI is InChI=1S/C21H14ClF3N8O/c22-15-7-11(25)6-13-17(15)30-16(33(20(13)34)12-4-9(23)3-10(24)5-12)1-2-29-19-14(8-26)18(27)31-21(28)32-19/h3-7H,1-2H2,(H5,27,28,29,31,32). The minimum Gasteiger partial charge on any atom is -0.382 e. The summed E-state index contributed by atoms with van der Waals surface area (Å²) >= 11 is 6.09. The van der Waals surface area contributed by atoms with Gasteiger partial charge in [0, 0.05) is 19.0 Å². The molecule has 2 aromatic heterocycles. The first-order chi connectivity index (χ1) is 16.2. The molecule has 34 heavy (non-hydrogen) atoms. The molecule has 0 aliphatic rings. The summed E-state index contributed by atoms with van der Waals surface area (Å²) in [6.07, 6.45) is -0.00824. The summed E-state index contributed by atoms with van der Waals surface area (Å²) in [7, 11) is 0. The molecule has 0 saturated carbocycles. The number of aromatic nitrogens is 4. The number of nitriles is 1. The molecule has 13 heteroatoms. The number of hydrogen-bond acceptors (Lipinski definition) is 8.